The van der Waals surface area contributed by atoms with Gasteiger partial charge in [-0.3, -0.25) is 19.5 Å². The van der Waals surface area contributed by atoms with E-state index in [9.17, 15) is 19.5 Å². The number of nitrogens with one attached hydrogen (secondary N) is 2. The van der Waals surface area contributed by atoms with Crippen molar-refractivity contribution in [1.82, 2.24) is 24.8 Å². The first-order valence-electron chi connectivity index (χ1n) is 10.2. The lowest BCUT2D eigenvalue weighted by Gasteiger charge is -2.38. The molecule has 3 N–H and O–H groups in total. The van der Waals surface area contributed by atoms with Crippen molar-refractivity contribution in [2.45, 2.75) is 6.04 Å². The molecule has 164 valence electrons. The molecule has 3 heterocycles. The molecule has 0 saturated carbocycles. The summed E-state index contributed by atoms with van der Waals surface area (Å²) in [5.74, 6) is 0. The maximum absolute atomic E-state index is 12.5. The van der Waals surface area contributed by atoms with Gasteiger partial charge in [0.25, 0.3) is 11.1 Å². The number of carbonyl (C=O) groups is 1. The molecule has 1 amide bonds. The molecule has 2 aromatic heterocycles. The van der Waals surface area contributed by atoms with Crippen LogP contribution < -0.4 is 21.8 Å². The third-order valence-corrected chi connectivity index (χ3v) is 5.41. The van der Waals surface area contributed by atoms with Gasteiger partial charge in [0.1, 0.15) is 10.7 Å². The molecule has 0 aliphatic carbocycles. The average Bonchev–Trinajstić information content (AvgIpc) is 2.78. The van der Waals surface area contributed by atoms with E-state index < -0.39 is 17.2 Å². The minimum absolute atomic E-state index is 0.0880. The Morgan fingerprint density at radius 3 is 2.34 bits per heavy atom. The Morgan fingerprint density at radius 1 is 1.03 bits per heavy atom. The fourth-order valence-corrected chi connectivity index (χ4v) is 3.69. The summed E-state index contributed by atoms with van der Waals surface area (Å²) in [6.07, 6.45) is 3.73. The maximum atomic E-state index is 12.5. The van der Waals surface area contributed by atoms with Crippen LogP contribution in [0.5, 0.6) is 0 Å². The molecule has 1 fully saturated rings. The molecule has 1 aliphatic heterocycles. The Kier molecular flexibility index (Phi) is 6.00. The topological polar surface area (TPSA) is 122 Å². The van der Waals surface area contributed by atoms with E-state index in [1.807, 2.05) is 37.4 Å². The minimum Gasteiger partial charge on any atom is -0.465 e. The summed E-state index contributed by atoms with van der Waals surface area (Å²) >= 11 is 0. The Morgan fingerprint density at radius 2 is 1.72 bits per heavy atom. The highest BCUT2D eigenvalue weighted by Gasteiger charge is 2.30. The summed E-state index contributed by atoms with van der Waals surface area (Å²) in [5, 5.41) is 9.74. The largest absolute Gasteiger partial charge is 0.465 e. The lowest BCUT2D eigenvalue weighted by Crippen LogP contribution is -2.48. The number of hydrogen-bond donors (Lipinski definition) is 3. The van der Waals surface area contributed by atoms with Gasteiger partial charge in [0, 0.05) is 25.8 Å². The van der Waals surface area contributed by atoms with Crippen molar-refractivity contribution >= 4 is 18.2 Å². The Bertz CT molecular complexity index is 1350. The molecule has 32 heavy (non-hydrogen) atoms. The standard InChI is InChI=1S/C23H23N5O4/c1-27-9-10-28(23(31)32)20(14-27)16-7-8-17(24-13-16)12-19-22(30)25-18(21(29)26-19)11-15-5-3-2-4-6-15/h2-8,11-13,20H,9-10,14H2,1H3,(H,25,30)(H,26,29)(H,31,32). The molecule has 1 atom stereocenters. The highest BCUT2D eigenvalue weighted by molar-refractivity contribution is 5.66. The van der Waals surface area contributed by atoms with Gasteiger partial charge in [-0.05, 0) is 36.4 Å². The minimum atomic E-state index is -0.963. The molecule has 1 saturated heterocycles. The number of rotatable bonds is 3. The smallest absolute Gasteiger partial charge is 0.407 e. The predicted octanol–water partition coefficient (Wildman–Crippen LogP) is 0.0823. The van der Waals surface area contributed by atoms with Crippen LogP contribution in [0.2, 0.25) is 0 Å². The van der Waals surface area contributed by atoms with Crippen molar-refractivity contribution in [2.24, 2.45) is 0 Å². The molecule has 4 rings (SSSR count). The van der Waals surface area contributed by atoms with Crippen molar-refractivity contribution in [2.75, 3.05) is 26.7 Å². The molecular weight excluding hydrogens is 410 g/mol. The number of hydrogen-bond acceptors (Lipinski definition) is 5. The van der Waals surface area contributed by atoms with Gasteiger partial charge in [0.15, 0.2) is 0 Å². The van der Waals surface area contributed by atoms with E-state index in [0.29, 0.717) is 25.3 Å². The Hall–Kier alpha value is -3.98. The van der Waals surface area contributed by atoms with Crippen LogP contribution in [0.15, 0.2) is 58.3 Å². The van der Waals surface area contributed by atoms with E-state index in [2.05, 4.69) is 19.9 Å². The first kappa shape index (κ1) is 21.3. The van der Waals surface area contributed by atoms with Gasteiger partial charge in [0.05, 0.1) is 11.7 Å². The van der Waals surface area contributed by atoms with Crippen LogP contribution in [0.25, 0.3) is 12.2 Å². The van der Waals surface area contributed by atoms with E-state index in [1.165, 1.54) is 11.0 Å². The maximum Gasteiger partial charge on any atom is 0.407 e. The zero-order chi connectivity index (χ0) is 22.7. The van der Waals surface area contributed by atoms with E-state index in [1.54, 1.807) is 24.4 Å². The quantitative estimate of drug-likeness (QED) is 0.538. The summed E-state index contributed by atoms with van der Waals surface area (Å²) in [6, 6.07) is 12.4. The van der Waals surface area contributed by atoms with Crippen LogP contribution in [0.4, 0.5) is 4.79 Å². The van der Waals surface area contributed by atoms with Crippen molar-refractivity contribution < 1.29 is 9.90 Å². The summed E-state index contributed by atoms with van der Waals surface area (Å²) in [4.78, 5) is 49.5. The van der Waals surface area contributed by atoms with Gasteiger partial charge in [-0.15, -0.1) is 0 Å². The fourth-order valence-electron chi connectivity index (χ4n) is 3.69. The van der Waals surface area contributed by atoms with E-state index >= 15 is 0 Å². The van der Waals surface area contributed by atoms with Crippen LogP contribution in [-0.2, 0) is 0 Å². The van der Waals surface area contributed by atoms with Gasteiger partial charge < -0.3 is 20.0 Å². The predicted molar refractivity (Wildman–Crippen MR) is 120 cm³/mol. The highest BCUT2D eigenvalue weighted by Crippen LogP contribution is 2.24. The van der Waals surface area contributed by atoms with Gasteiger partial charge >= 0.3 is 6.09 Å². The fraction of sp³-hybridized carbons (Fsp3) is 0.217. The van der Waals surface area contributed by atoms with E-state index in [-0.39, 0.29) is 16.7 Å². The van der Waals surface area contributed by atoms with Gasteiger partial charge in [-0.2, -0.15) is 0 Å². The highest BCUT2D eigenvalue weighted by atomic mass is 16.4. The van der Waals surface area contributed by atoms with Crippen molar-refractivity contribution in [1.29, 1.82) is 0 Å². The molecule has 1 aliphatic rings. The Labute approximate surface area is 183 Å². The molecular formula is C23H23N5O4. The third kappa shape index (κ3) is 4.68. The van der Waals surface area contributed by atoms with E-state index in [4.69, 9.17) is 0 Å². The molecule has 0 radical (unpaired) electrons. The molecule has 1 unspecified atom stereocenters. The third-order valence-electron chi connectivity index (χ3n) is 5.41. The molecule has 9 heteroatoms. The van der Waals surface area contributed by atoms with Crippen LogP contribution in [-0.4, -0.2) is 62.6 Å². The molecule has 0 bridgehead atoms. The van der Waals surface area contributed by atoms with Crippen molar-refractivity contribution in [3.8, 4) is 0 Å². The van der Waals surface area contributed by atoms with Gasteiger partial charge in [-0.25, -0.2) is 4.79 Å². The molecule has 1 aromatic carbocycles. The van der Waals surface area contributed by atoms with E-state index in [0.717, 1.165) is 11.1 Å². The summed E-state index contributed by atoms with van der Waals surface area (Å²) < 4.78 is 0. The number of H-pyrrole nitrogens is 2. The number of pyridine rings is 1. The average molecular weight is 433 g/mol. The number of amides is 1. The first-order chi connectivity index (χ1) is 15.4. The zero-order valence-electron chi connectivity index (χ0n) is 17.5. The number of nitrogens with zero attached hydrogens (tertiary/aromatic N) is 3. The van der Waals surface area contributed by atoms with Gasteiger partial charge in [-0.1, -0.05) is 36.4 Å². The van der Waals surface area contributed by atoms with Crippen LogP contribution >= 0.6 is 0 Å². The second-order valence-electron chi connectivity index (χ2n) is 7.71. The monoisotopic (exact) mass is 433 g/mol. The number of aromatic nitrogens is 3. The van der Waals surface area contributed by atoms with Crippen LogP contribution in [0.1, 0.15) is 22.9 Å². The second-order valence-corrected chi connectivity index (χ2v) is 7.71. The number of likely N-dealkylation sites (N-methyl/N-ethyl adjacent to an activating group) is 1. The normalized spacial score (nSPS) is 18.2. The molecule has 9 nitrogen and oxygen atoms in total. The molecule has 3 aromatic rings. The number of benzene rings is 1. The van der Waals surface area contributed by atoms with Crippen molar-refractivity contribution in [3.63, 3.8) is 0 Å². The zero-order valence-corrected chi connectivity index (χ0v) is 17.5. The van der Waals surface area contributed by atoms with Crippen LogP contribution in [0.3, 0.4) is 0 Å². The summed E-state index contributed by atoms with van der Waals surface area (Å²) in [6.45, 7) is 1.67. The van der Waals surface area contributed by atoms with Crippen LogP contribution in [0, 0.1) is 0 Å². The number of aromatic amines is 2. The number of piperazine rings is 1. The Balaban J connectivity index is 1.64. The SMILES string of the molecule is CN1CCN(C(=O)O)C(c2ccc(C=c3[nH]c(=O)c(=Cc4ccccc4)[nH]c3=O)nc2)C1. The second kappa shape index (κ2) is 9.03. The lowest BCUT2D eigenvalue weighted by molar-refractivity contribution is 0.0774. The summed E-state index contributed by atoms with van der Waals surface area (Å²) in [7, 11) is 1.95. The first-order valence-corrected chi connectivity index (χ1v) is 10.2. The number of carboxylic acid groups (broad SMARTS) is 1. The molecule has 0 spiro atoms. The summed E-state index contributed by atoms with van der Waals surface area (Å²) in [5.41, 5.74) is 1.18. The lowest BCUT2D eigenvalue weighted by atomic mass is 10.0. The van der Waals surface area contributed by atoms with Crippen molar-refractivity contribution in [3.05, 3.63) is 96.9 Å². The van der Waals surface area contributed by atoms with Gasteiger partial charge in [0.2, 0.25) is 0 Å².